The molecular weight excluding hydrogens is 336 g/mol. The van der Waals surface area contributed by atoms with Gasteiger partial charge in [0.25, 0.3) is 0 Å². The normalized spacial score (nSPS) is 28.1. The van der Waals surface area contributed by atoms with Gasteiger partial charge in [-0.3, -0.25) is 9.88 Å². The molecule has 1 unspecified atom stereocenters. The van der Waals surface area contributed by atoms with E-state index in [0.717, 1.165) is 43.8 Å². The Balaban J connectivity index is 1.57. The van der Waals surface area contributed by atoms with Crippen LogP contribution in [0.25, 0.3) is 0 Å². The number of fused-ring (bicyclic) bond motifs is 2. The molecule has 1 aliphatic carbocycles. The Morgan fingerprint density at radius 1 is 1.19 bits per heavy atom. The number of piperidine rings is 1. The predicted octanol–water partition coefficient (Wildman–Crippen LogP) is 3.83. The summed E-state index contributed by atoms with van der Waals surface area (Å²) in [4.78, 5) is 6.81. The van der Waals surface area contributed by atoms with Crippen LogP contribution in [-0.2, 0) is 12.1 Å². The van der Waals surface area contributed by atoms with Gasteiger partial charge in [-0.25, -0.2) is 0 Å². The minimum atomic E-state index is -0.728. The third-order valence-corrected chi connectivity index (χ3v) is 6.68. The summed E-state index contributed by atoms with van der Waals surface area (Å²) < 4.78 is 5.46. The Hall–Kier alpha value is -1.91. The van der Waals surface area contributed by atoms with Crippen LogP contribution in [0.2, 0.25) is 0 Å². The van der Waals surface area contributed by atoms with Gasteiger partial charge < -0.3 is 9.84 Å². The molecule has 4 rings (SSSR count). The Bertz CT molecular complexity index is 792. The highest BCUT2D eigenvalue weighted by Gasteiger charge is 2.51. The van der Waals surface area contributed by atoms with E-state index in [-0.39, 0.29) is 11.8 Å². The van der Waals surface area contributed by atoms with Crippen molar-refractivity contribution >= 4 is 0 Å². The summed E-state index contributed by atoms with van der Waals surface area (Å²) in [6.07, 6.45) is 7.02. The maximum atomic E-state index is 11.7. The van der Waals surface area contributed by atoms with Gasteiger partial charge >= 0.3 is 0 Å². The first-order chi connectivity index (χ1) is 13.0. The molecule has 3 atom stereocenters. The second-order valence-corrected chi connectivity index (χ2v) is 8.33. The van der Waals surface area contributed by atoms with Crippen molar-refractivity contribution in [2.75, 3.05) is 20.2 Å². The van der Waals surface area contributed by atoms with Gasteiger partial charge in [0.2, 0.25) is 0 Å². The van der Waals surface area contributed by atoms with Gasteiger partial charge in [-0.05, 0) is 55.5 Å². The summed E-state index contributed by atoms with van der Waals surface area (Å²) in [6.45, 7) is 7.08. The van der Waals surface area contributed by atoms with Gasteiger partial charge in [-0.2, -0.15) is 0 Å². The summed E-state index contributed by atoms with van der Waals surface area (Å²) >= 11 is 0. The average Bonchev–Trinajstić information content (AvgIpc) is 2.66. The highest BCUT2D eigenvalue weighted by Crippen LogP contribution is 2.49. The van der Waals surface area contributed by atoms with Crippen molar-refractivity contribution in [3.05, 3.63) is 58.9 Å². The van der Waals surface area contributed by atoms with Gasteiger partial charge in [0.1, 0.15) is 5.75 Å². The van der Waals surface area contributed by atoms with Crippen LogP contribution in [0.4, 0.5) is 0 Å². The molecule has 0 radical (unpaired) electrons. The van der Waals surface area contributed by atoms with E-state index < -0.39 is 5.60 Å². The van der Waals surface area contributed by atoms with Crippen molar-refractivity contribution in [2.45, 2.75) is 45.3 Å². The first-order valence-electron chi connectivity index (χ1n) is 10.0. The monoisotopic (exact) mass is 366 g/mol. The molecular formula is C23H30N2O2. The third-order valence-electron chi connectivity index (χ3n) is 6.68. The van der Waals surface area contributed by atoms with Crippen molar-refractivity contribution < 1.29 is 9.84 Å². The lowest BCUT2D eigenvalue weighted by Crippen LogP contribution is -2.57. The smallest absolute Gasteiger partial charge is 0.122 e. The van der Waals surface area contributed by atoms with Crippen LogP contribution in [0.15, 0.2) is 36.7 Å². The minimum Gasteiger partial charge on any atom is -0.496 e. The standard InChI is InChI=1S/C23H30N2O2/c1-16-11-22(27-3)17(2)10-18(16)13-25-14-20-6-4-7-21(15-25)23(20,26)19-8-5-9-24-12-19/h5,8-12,20-21,26H,4,6-7,13-15H2,1-3H3/t20-,21+,23?. The van der Waals surface area contributed by atoms with Gasteiger partial charge in [0.15, 0.2) is 0 Å². The van der Waals surface area contributed by atoms with E-state index in [2.05, 4.69) is 35.9 Å². The first kappa shape index (κ1) is 18.5. The van der Waals surface area contributed by atoms with Crippen molar-refractivity contribution in [3.8, 4) is 5.75 Å². The number of aliphatic hydroxyl groups is 1. The van der Waals surface area contributed by atoms with Crippen molar-refractivity contribution in [1.82, 2.24) is 9.88 Å². The Morgan fingerprint density at radius 3 is 2.56 bits per heavy atom. The van der Waals surface area contributed by atoms with E-state index in [4.69, 9.17) is 4.74 Å². The molecule has 4 heteroatoms. The van der Waals surface area contributed by atoms with Gasteiger partial charge in [0.05, 0.1) is 12.7 Å². The van der Waals surface area contributed by atoms with Crippen LogP contribution in [0.5, 0.6) is 5.75 Å². The third kappa shape index (κ3) is 3.26. The van der Waals surface area contributed by atoms with Gasteiger partial charge in [0, 0.05) is 49.4 Å². The molecule has 0 spiro atoms. The fraction of sp³-hybridized carbons (Fsp3) is 0.522. The van der Waals surface area contributed by atoms with Crippen LogP contribution in [-0.4, -0.2) is 35.2 Å². The Kier molecular flexibility index (Phi) is 4.95. The fourth-order valence-electron chi connectivity index (χ4n) is 5.22. The predicted molar refractivity (Wildman–Crippen MR) is 107 cm³/mol. The molecule has 2 heterocycles. The lowest BCUT2D eigenvalue weighted by atomic mass is 9.63. The van der Waals surface area contributed by atoms with E-state index >= 15 is 0 Å². The van der Waals surface area contributed by atoms with E-state index in [1.165, 1.54) is 23.1 Å². The zero-order valence-electron chi connectivity index (χ0n) is 16.6. The molecule has 1 N–H and O–H groups in total. The number of aromatic nitrogens is 1. The largest absolute Gasteiger partial charge is 0.496 e. The molecule has 2 aromatic rings. The van der Waals surface area contributed by atoms with Crippen LogP contribution in [0.1, 0.15) is 41.5 Å². The summed E-state index contributed by atoms with van der Waals surface area (Å²) in [6, 6.07) is 8.39. The molecule has 4 nitrogen and oxygen atoms in total. The zero-order valence-corrected chi connectivity index (χ0v) is 16.6. The van der Waals surface area contributed by atoms with Crippen LogP contribution in [0.3, 0.4) is 0 Å². The molecule has 1 aromatic carbocycles. The number of ether oxygens (including phenoxy) is 1. The molecule has 1 saturated heterocycles. The molecule has 1 aliphatic heterocycles. The average molecular weight is 367 g/mol. The molecule has 2 bridgehead atoms. The lowest BCUT2D eigenvalue weighted by Gasteiger charge is -2.53. The van der Waals surface area contributed by atoms with Gasteiger partial charge in [-0.1, -0.05) is 18.6 Å². The lowest BCUT2D eigenvalue weighted by molar-refractivity contribution is -0.148. The topological polar surface area (TPSA) is 45.6 Å². The molecule has 2 fully saturated rings. The fourth-order valence-corrected chi connectivity index (χ4v) is 5.22. The molecule has 1 aromatic heterocycles. The molecule has 144 valence electrons. The van der Waals surface area contributed by atoms with E-state index in [1.54, 1.807) is 13.3 Å². The maximum absolute atomic E-state index is 11.7. The number of pyridine rings is 1. The number of nitrogens with zero attached hydrogens (tertiary/aromatic N) is 2. The SMILES string of the molecule is COc1cc(C)c(CN2C[C@H]3CCC[C@@H](C2)C3(O)c2cccnc2)cc1C. The Morgan fingerprint density at radius 2 is 1.93 bits per heavy atom. The summed E-state index contributed by atoms with van der Waals surface area (Å²) in [5.74, 6) is 1.50. The van der Waals surface area contributed by atoms with Gasteiger partial charge in [-0.15, -0.1) is 0 Å². The quantitative estimate of drug-likeness (QED) is 0.893. The highest BCUT2D eigenvalue weighted by atomic mass is 16.5. The van der Waals surface area contributed by atoms with Crippen LogP contribution in [0, 0.1) is 25.7 Å². The number of likely N-dealkylation sites (tertiary alicyclic amines) is 1. The van der Waals surface area contributed by atoms with Crippen LogP contribution >= 0.6 is 0 Å². The molecule has 1 saturated carbocycles. The number of rotatable bonds is 4. The van der Waals surface area contributed by atoms with Crippen molar-refractivity contribution in [3.63, 3.8) is 0 Å². The van der Waals surface area contributed by atoms with Crippen LogP contribution < -0.4 is 4.74 Å². The van der Waals surface area contributed by atoms with Crippen molar-refractivity contribution in [2.24, 2.45) is 11.8 Å². The van der Waals surface area contributed by atoms with Crippen molar-refractivity contribution in [1.29, 1.82) is 0 Å². The first-order valence-corrected chi connectivity index (χ1v) is 10.0. The van der Waals surface area contributed by atoms with E-state index in [1.807, 2.05) is 18.3 Å². The van der Waals surface area contributed by atoms with E-state index in [0.29, 0.717) is 0 Å². The number of methoxy groups -OCH3 is 1. The maximum Gasteiger partial charge on any atom is 0.122 e. The summed E-state index contributed by atoms with van der Waals surface area (Å²) in [5.41, 5.74) is 4.08. The minimum absolute atomic E-state index is 0.272. The second kappa shape index (κ2) is 7.25. The summed E-state index contributed by atoms with van der Waals surface area (Å²) in [7, 11) is 1.73. The Labute approximate surface area is 162 Å². The number of hydrogen-bond acceptors (Lipinski definition) is 4. The molecule has 0 amide bonds. The number of hydrogen-bond donors (Lipinski definition) is 1. The number of benzene rings is 1. The van der Waals surface area contributed by atoms with E-state index in [9.17, 15) is 5.11 Å². The highest BCUT2D eigenvalue weighted by molar-refractivity contribution is 5.41. The zero-order chi connectivity index (χ0) is 19.0. The number of aryl methyl sites for hydroxylation is 2. The summed E-state index contributed by atoms with van der Waals surface area (Å²) in [5, 5.41) is 11.7. The molecule has 27 heavy (non-hydrogen) atoms. The second-order valence-electron chi connectivity index (χ2n) is 8.33. The molecule has 2 aliphatic rings.